The first-order chi connectivity index (χ1) is 8.22. The van der Waals surface area contributed by atoms with Gasteiger partial charge in [-0.15, -0.1) is 0 Å². The Balaban J connectivity index is 2.25. The summed E-state index contributed by atoms with van der Waals surface area (Å²) in [5.74, 6) is -0.261. The van der Waals surface area contributed by atoms with Gasteiger partial charge >= 0.3 is 5.97 Å². The smallest absolute Gasteiger partial charge is 0.354 e. The summed E-state index contributed by atoms with van der Waals surface area (Å²) in [6, 6.07) is 2.04. The van der Waals surface area contributed by atoms with Crippen molar-refractivity contribution in [3.8, 4) is 0 Å². The van der Waals surface area contributed by atoms with Crippen molar-refractivity contribution in [2.45, 2.75) is 38.6 Å². The number of rotatable bonds is 3. The highest BCUT2D eigenvalue weighted by molar-refractivity contribution is 5.86. The van der Waals surface area contributed by atoms with E-state index < -0.39 is 5.97 Å². The van der Waals surface area contributed by atoms with Crippen molar-refractivity contribution >= 4 is 11.8 Å². The van der Waals surface area contributed by atoms with Crippen molar-refractivity contribution in [1.82, 2.24) is 9.97 Å². The van der Waals surface area contributed by atoms with Gasteiger partial charge in [-0.25, -0.2) is 14.8 Å². The number of hydrogen-bond acceptors (Lipinski definition) is 4. The van der Waals surface area contributed by atoms with Crippen molar-refractivity contribution in [1.29, 1.82) is 0 Å². The molecule has 2 heterocycles. The third kappa shape index (κ3) is 2.54. The highest BCUT2D eigenvalue weighted by atomic mass is 16.4. The molecule has 0 aromatic carbocycles. The fraction of sp³-hybridized carbons (Fsp3) is 0.583. The van der Waals surface area contributed by atoms with Crippen LogP contribution in [0, 0.1) is 0 Å². The molecular weight excluding hydrogens is 218 g/mol. The monoisotopic (exact) mass is 235 g/mol. The molecule has 1 aromatic rings. The van der Waals surface area contributed by atoms with Crippen molar-refractivity contribution in [2.75, 3.05) is 11.4 Å². The Morgan fingerprint density at radius 3 is 3.06 bits per heavy atom. The van der Waals surface area contributed by atoms with Crippen LogP contribution in [0.25, 0.3) is 0 Å². The number of carboxylic acids is 1. The second kappa shape index (κ2) is 5.12. The summed E-state index contributed by atoms with van der Waals surface area (Å²) in [7, 11) is 0. The van der Waals surface area contributed by atoms with E-state index in [0.29, 0.717) is 6.04 Å². The molecule has 1 aliphatic heterocycles. The molecule has 1 saturated heterocycles. The Hall–Kier alpha value is -1.65. The minimum absolute atomic E-state index is 0.0652. The van der Waals surface area contributed by atoms with Gasteiger partial charge in [0.05, 0.1) is 0 Å². The Kier molecular flexibility index (Phi) is 3.56. The number of aromatic carboxylic acids is 1. The average molecular weight is 235 g/mol. The molecule has 2 rings (SSSR count). The Labute approximate surface area is 100 Å². The summed E-state index contributed by atoms with van der Waals surface area (Å²) < 4.78 is 0. The molecule has 0 radical (unpaired) electrons. The summed E-state index contributed by atoms with van der Waals surface area (Å²) in [4.78, 5) is 21.0. The predicted molar refractivity (Wildman–Crippen MR) is 64.3 cm³/mol. The summed E-state index contributed by atoms with van der Waals surface area (Å²) in [5, 5.41) is 8.92. The van der Waals surface area contributed by atoms with Gasteiger partial charge in [-0.1, -0.05) is 6.92 Å². The second-order valence-electron chi connectivity index (χ2n) is 4.32. The lowest BCUT2D eigenvalue weighted by Crippen LogP contribution is -2.39. The molecule has 1 unspecified atom stereocenters. The highest BCUT2D eigenvalue weighted by Crippen LogP contribution is 2.24. The van der Waals surface area contributed by atoms with Crippen LogP contribution in [-0.4, -0.2) is 33.6 Å². The molecule has 1 N–H and O–H groups in total. The molecule has 1 aromatic heterocycles. The summed E-state index contributed by atoms with van der Waals surface area (Å²) >= 11 is 0. The van der Waals surface area contributed by atoms with Crippen LogP contribution in [0.4, 0.5) is 5.82 Å². The van der Waals surface area contributed by atoms with E-state index in [0.717, 1.165) is 31.6 Å². The Morgan fingerprint density at radius 2 is 2.35 bits per heavy atom. The topological polar surface area (TPSA) is 66.3 Å². The molecule has 1 fully saturated rings. The molecule has 1 aliphatic rings. The molecule has 0 aliphatic carbocycles. The van der Waals surface area contributed by atoms with Crippen molar-refractivity contribution < 1.29 is 9.90 Å². The number of nitrogens with zero attached hydrogens (tertiary/aromatic N) is 3. The highest BCUT2D eigenvalue weighted by Gasteiger charge is 2.22. The number of anilines is 1. The molecular formula is C12H17N3O2. The van der Waals surface area contributed by atoms with Gasteiger partial charge in [0.25, 0.3) is 0 Å². The van der Waals surface area contributed by atoms with E-state index in [9.17, 15) is 4.79 Å². The van der Waals surface area contributed by atoms with E-state index in [1.165, 1.54) is 12.7 Å². The van der Waals surface area contributed by atoms with Crippen LogP contribution >= 0.6 is 0 Å². The van der Waals surface area contributed by atoms with E-state index in [1.807, 2.05) is 0 Å². The summed E-state index contributed by atoms with van der Waals surface area (Å²) in [6.45, 7) is 3.11. The normalized spacial score (nSPS) is 20.3. The minimum atomic E-state index is -1.00. The first-order valence-corrected chi connectivity index (χ1v) is 6.04. The second-order valence-corrected chi connectivity index (χ2v) is 4.32. The van der Waals surface area contributed by atoms with Gasteiger partial charge in [0.2, 0.25) is 0 Å². The third-order valence-corrected chi connectivity index (χ3v) is 3.26. The van der Waals surface area contributed by atoms with Crippen LogP contribution in [0.1, 0.15) is 43.1 Å². The molecule has 5 heteroatoms. The average Bonchev–Trinajstić information content (AvgIpc) is 2.39. The van der Waals surface area contributed by atoms with Crippen LogP contribution < -0.4 is 4.90 Å². The molecule has 1 atom stereocenters. The number of piperidine rings is 1. The quantitative estimate of drug-likeness (QED) is 0.867. The third-order valence-electron chi connectivity index (χ3n) is 3.26. The van der Waals surface area contributed by atoms with E-state index in [2.05, 4.69) is 21.8 Å². The lowest BCUT2D eigenvalue weighted by atomic mass is 10.00. The Bertz CT molecular complexity index is 408. The van der Waals surface area contributed by atoms with Crippen LogP contribution in [0.2, 0.25) is 0 Å². The fourth-order valence-electron chi connectivity index (χ4n) is 2.35. The maximum Gasteiger partial charge on any atom is 0.354 e. The predicted octanol–water partition coefficient (Wildman–Crippen LogP) is 1.94. The number of carboxylic acid groups (broad SMARTS) is 1. The van der Waals surface area contributed by atoms with Crippen molar-refractivity contribution in [3.05, 3.63) is 18.1 Å². The minimum Gasteiger partial charge on any atom is -0.477 e. The van der Waals surface area contributed by atoms with Crippen molar-refractivity contribution in [3.63, 3.8) is 0 Å². The first kappa shape index (κ1) is 11.8. The van der Waals surface area contributed by atoms with E-state index in [1.54, 1.807) is 6.07 Å². The van der Waals surface area contributed by atoms with Gasteiger partial charge in [0.15, 0.2) is 5.69 Å². The maximum atomic E-state index is 10.9. The van der Waals surface area contributed by atoms with Crippen molar-refractivity contribution in [2.24, 2.45) is 0 Å². The fourth-order valence-corrected chi connectivity index (χ4v) is 2.35. The maximum absolute atomic E-state index is 10.9. The largest absolute Gasteiger partial charge is 0.477 e. The Morgan fingerprint density at radius 1 is 1.53 bits per heavy atom. The summed E-state index contributed by atoms with van der Waals surface area (Å²) in [6.07, 6.45) is 5.93. The van der Waals surface area contributed by atoms with E-state index in [-0.39, 0.29) is 5.69 Å². The molecule has 0 spiro atoms. The van der Waals surface area contributed by atoms with Gasteiger partial charge in [-0.3, -0.25) is 0 Å². The molecule has 0 bridgehead atoms. The standard InChI is InChI=1S/C12H17N3O2/c1-2-9-5-3-4-6-15(9)11-7-10(12(16)17)13-8-14-11/h7-9H,2-6H2,1H3,(H,16,17). The molecule has 0 saturated carbocycles. The van der Waals surface area contributed by atoms with Gasteiger partial charge in [-0.2, -0.15) is 0 Å². The van der Waals surface area contributed by atoms with E-state index in [4.69, 9.17) is 5.11 Å². The number of aromatic nitrogens is 2. The first-order valence-electron chi connectivity index (χ1n) is 6.04. The zero-order valence-corrected chi connectivity index (χ0v) is 9.96. The molecule has 5 nitrogen and oxygen atoms in total. The van der Waals surface area contributed by atoms with Crippen LogP contribution in [0.5, 0.6) is 0 Å². The molecule has 17 heavy (non-hydrogen) atoms. The molecule has 0 amide bonds. The lowest BCUT2D eigenvalue weighted by Gasteiger charge is -2.36. The SMILES string of the molecule is CCC1CCCCN1c1cc(C(=O)O)ncn1. The zero-order valence-electron chi connectivity index (χ0n) is 9.96. The van der Waals surface area contributed by atoms with E-state index >= 15 is 0 Å². The van der Waals surface area contributed by atoms with Gasteiger partial charge in [0.1, 0.15) is 12.1 Å². The lowest BCUT2D eigenvalue weighted by molar-refractivity contribution is 0.0690. The van der Waals surface area contributed by atoms with Crippen LogP contribution in [0.3, 0.4) is 0 Å². The van der Waals surface area contributed by atoms with Crippen LogP contribution in [-0.2, 0) is 0 Å². The number of hydrogen-bond donors (Lipinski definition) is 1. The number of carbonyl (C=O) groups is 1. The summed E-state index contributed by atoms with van der Waals surface area (Å²) in [5.41, 5.74) is 0.0652. The van der Waals surface area contributed by atoms with Gasteiger partial charge in [-0.05, 0) is 25.7 Å². The zero-order chi connectivity index (χ0) is 12.3. The molecule has 92 valence electrons. The van der Waals surface area contributed by atoms with Gasteiger partial charge < -0.3 is 10.0 Å². The van der Waals surface area contributed by atoms with Crippen LogP contribution in [0.15, 0.2) is 12.4 Å². The van der Waals surface area contributed by atoms with Gasteiger partial charge in [0, 0.05) is 18.7 Å².